The fraction of sp³-hybridized carbons (Fsp3) is 0.538. The molecule has 19 heavy (non-hydrogen) atoms. The maximum Gasteiger partial charge on any atom is 0.224 e. The minimum absolute atomic E-state index is 0. The fourth-order valence-electron chi connectivity index (χ4n) is 2.17. The average Bonchev–Trinajstić information content (AvgIpc) is 2.39. The van der Waals surface area contributed by atoms with E-state index in [9.17, 15) is 4.79 Å². The molecular weight excluding hydrogens is 285 g/mol. The molecule has 108 valence electrons. The van der Waals surface area contributed by atoms with Crippen molar-refractivity contribution < 1.29 is 4.79 Å². The van der Waals surface area contributed by atoms with Crippen LogP contribution >= 0.6 is 24.8 Å². The van der Waals surface area contributed by atoms with E-state index >= 15 is 0 Å². The zero-order valence-electron chi connectivity index (χ0n) is 10.8. The first kappa shape index (κ1) is 18.2. The predicted octanol–water partition coefficient (Wildman–Crippen LogP) is 2.64. The van der Waals surface area contributed by atoms with E-state index in [0.717, 1.165) is 25.2 Å². The number of piperidine rings is 1. The summed E-state index contributed by atoms with van der Waals surface area (Å²) in [7, 11) is 0. The summed E-state index contributed by atoms with van der Waals surface area (Å²) in [6.45, 7) is 2.18. The summed E-state index contributed by atoms with van der Waals surface area (Å²) in [6.07, 6.45) is 7.36. The Hall–Kier alpha value is -0.840. The molecule has 2 heterocycles. The lowest BCUT2D eigenvalue weighted by Crippen LogP contribution is -2.28. The largest absolute Gasteiger partial charge is 0.325 e. The van der Waals surface area contributed by atoms with Crippen LogP contribution in [0.1, 0.15) is 25.7 Å². The predicted molar refractivity (Wildman–Crippen MR) is 82.2 cm³/mol. The van der Waals surface area contributed by atoms with E-state index in [-0.39, 0.29) is 30.7 Å². The zero-order valence-corrected chi connectivity index (χ0v) is 12.4. The van der Waals surface area contributed by atoms with E-state index in [1.54, 1.807) is 12.4 Å². The number of anilines is 1. The molecule has 1 aromatic rings. The summed E-state index contributed by atoms with van der Waals surface area (Å²) in [6, 6.07) is 3.68. The Morgan fingerprint density at radius 1 is 1.37 bits per heavy atom. The molecule has 0 saturated carbocycles. The third-order valence-electron chi connectivity index (χ3n) is 3.18. The van der Waals surface area contributed by atoms with Crippen molar-refractivity contribution >= 4 is 36.4 Å². The number of hydrogen-bond acceptors (Lipinski definition) is 3. The number of amides is 1. The van der Waals surface area contributed by atoms with Crippen molar-refractivity contribution in [1.29, 1.82) is 0 Å². The van der Waals surface area contributed by atoms with E-state index < -0.39 is 0 Å². The zero-order chi connectivity index (χ0) is 11.9. The molecule has 2 N–H and O–H groups in total. The van der Waals surface area contributed by atoms with Crippen LogP contribution in [0.2, 0.25) is 0 Å². The van der Waals surface area contributed by atoms with E-state index in [4.69, 9.17) is 0 Å². The van der Waals surface area contributed by atoms with Gasteiger partial charge in [0.15, 0.2) is 0 Å². The summed E-state index contributed by atoms with van der Waals surface area (Å²) >= 11 is 0. The van der Waals surface area contributed by atoms with E-state index in [1.165, 1.54) is 12.8 Å². The molecular formula is C13H21Cl2N3O. The van der Waals surface area contributed by atoms with Crippen LogP contribution in [0.25, 0.3) is 0 Å². The second-order valence-corrected chi connectivity index (χ2v) is 4.52. The molecule has 1 aliphatic rings. The number of aromatic nitrogens is 1. The molecule has 1 aliphatic heterocycles. The van der Waals surface area contributed by atoms with Gasteiger partial charge in [-0.15, -0.1) is 24.8 Å². The van der Waals surface area contributed by atoms with Crippen LogP contribution in [0, 0.1) is 5.92 Å². The quantitative estimate of drug-likeness (QED) is 0.899. The second-order valence-electron chi connectivity index (χ2n) is 4.52. The SMILES string of the molecule is Cl.Cl.O=C(CCC1CCNCC1)Nc1cccnc1. The Kier molecular flexibility index (Phi) is 9.57. The first-order valence-corrected chi connectivity index (χ1v) is 6.25. The maximum atomic E-state index is 11.7. The minimum atomic E-state index is 0. The van der Waals surface area contributed by atoms with Crippen LogP contribution in [0.4, 0.5) is 5.69 Å². The molecule has 6 heteroatoms. The number of halogens is 2. The van der Waals surface area contributed by atoms with Gasteiger partial charge in [0.2, 0.25) is 5.91 Å². The van der Waals surface area contributed by atoms with Crippen molar-refractivity contribution in [2.45, 2.75) is 25.7 Å². The van der Waals surface area contributed by atoms with Gasteiger partial charge in [0.05, 0.1) is 11.9 Å². The highest BCUT2D eigenvalue weighted by atomic mass is 35.5. The van der Waals surface area contributed by atoms with E-state index in [1.807, 2.05) is 12.1 Å². The van der Waals surface area contributed by atoms with Crippen LogP contribution in [-0.4, -0.2) is 24.0 Å². The van der Waals surface area contributed by atoms with Gasteiger partial charge in [0.25, 0.3) is 0 Å². The standard InChI is InChI=1S/C13H19N3O.2ClH/c17-13(16-12-2-1-7-15-10-12)4-3-11-5-8-14-9-6-11;;/h1-2,7,10-11,14H,3-6,8-9H2,(H,16,17);2*1H. The first-order valence-electron chi connectivity index (χ1n) is 6.25. The Labute approximate surface area is 126 Å². The van der Waals surface area contributed by atoms with Crippen molar-refractivity contribution in [1.82, 2.24) is 10.3 Å². The van der Waals surface area contributed by atoms with Crippen LogP contribution in [-0.2, 0) is 4.79 Å². The summed E-state index contributed by atoms with van der Waals surface area (Å²) in [5.74, 6) is 0.799. The Morgan fingerprint density at radius 3 is 2.74 bits per heavy atom. The van der Waals surface area contributed by atoms with Crippen molar-refractivity contribution in [2.24, 2.45) is 5.92 Å². The number of nitrogens with one attached hydrogen (secondary N) is 2. The number of nitrogens with zero attached hydrogens (tertiary/aromatic N) is 1. The highest BCUT2D eigenvalue weighted by Crippen LogP contribution is 2.18. The summed E-state index contributed by atoms with van der Waals surface area (Å²) in [5, 5.41) is 6.20. The van der Waals surface area contributed by atoms with Gasteiger partial charge in [-0.05, 0) is 50.4 Å². The van der Waals surface area contributed by atoms with Gasteiger partial charge in [0, 0.05) is 12.6 Å². The lowest BCUT2D eigenvalue weighted by Gasteiger charge is -2.22. The molecule has 0 radical (unpaired) electrons. The Balaban J connectivity index is 0.00000162. The summed E-state index contributed by atoms with van der Waals surface area (Å²) < 4.78 is 0. The average molecular weight is 306 g/mol. The number of rotatable bonds is 4. The van der Waals surface area contributed by atoms with Crippen LogP contribution in [0.3, 0.4) is 0 Å². The van der Waals surface area contributed by atoms with Gasteiger partial charge >= 0.3 is 0 Å². The molecule has 4 nitrogen and oxygen atoms in total. The number of carbonyl (C=O) groups is 1. The molecule has 0 unspecified atom stereocenters. The van der Waals surface area contributed by atoms with Crippen molar-refractivity contribution in [3.8, 4) is 0 Å². The smallest absolute Gasteiger partial charge is 0.224 e. The second kappa shape index (κ2) is 10.0. The van der Waals surface area contributed by atoms with E-state index in [0.29, 0.717) is 12.3 Å². The van der Waals surface area contributed by atoms with E-state index in [2.05, 4.69) is 15.6 Å². The van der Waals surface area contributed by atoms with Gasteiger partial charge in [-0.2, -0.15) is 0 Å². The van der Waals surface area contributed by atoms with Gasteiger partial charge in [-0.3, -0.25) is 9.78 Å². The fourth-order valence-corrected chi connectivity index (χ4v) is 2.17. The lowest BCUT2D eigenvalue weighted by atomic mass is 9.93. The molecule has 2 rings (SSSR count). The molecule has 0 aromatic carbocycles. The molecule has 1 fully saturated rings. The molecule has 1 saturated heterocycles. The number of carbonyl (C=O) groups excluding carboxylic acids is 1. The molecule has 1 aromatic heterocycles. The highest BCUT2D eigenvalue weighted by Gasteiger charge is 2.14. The third kappa shape index (κ3) is 6.76. The Bertz CT molecular complexity index is 356. The van der Waals surface area contributed by atoms with Crippen molar-refractivity contribution in [3.05, 3.63) is 24.5 Å². The van der Waals surface area contributed by atoms with Gasteiger partial charge < -0.3 is 10.6 Å². The van der Waals surface area contributed by atoms with Crippen molar-refractivity contribution in [2.75, 3.05) is 18.4 Å². The number of hydrogen-bond donors (Lipinski definition) is 2. The third-order valence-corrected chi connectivity index (χ3v) is 3.18. The van der Waals surface area contributed by atoms with Gasteiger partial charge in [-0.1, -0.05) is 0 Å². The monoisotopic (exact) mass is 305 g/mol. The lowest BCUT2D eigenvalue weighted by molar-refractivity contribution is -0.116. The van der Waals surface area contributed by atoms with Crippen LogP contribution < -0.4 is 10.6 Å². The summed E-state index contributed by atoms with van der Waals surface area (Å²) in [4.78, 5) is 15.7. The van der Waals surface area contributed by atoms with Crippen LogP contribution in [0.15, 0.2) is 24.5 Å². The maximum absolute atomic E-state index is 11.7. The van der Waals surface area contributed by atoms with Crippen molar-refractivity contribution in [3.63, 3.8) is 0 Å². The van der Waals surface area contributed by atoms with Gasteiger partial charge in [0.1, 0.15) is 0 Å². The van der Waals surface area contributed by atoms with Gasteiger partial charge in [-0.25, -0.2) is 0 Å². The highest BCUT2D eigenvalue weighted by molar-refractivity contribution is 5.90. The molecule has 0 bridgehead atoms. The molecule has 0 aliphatic carbocycles. The molecule has 0 atom stereocenters. The topological polar surface area (TPSA) is 54.0 Å². The Morgan fingerprint density at radius 2 is 2.11 bits per heavy atom. The van der Waals surface area contributed by atoms with Crippen LogP contribution in [0.5, 0.6) is 0 Å². The minimum Gasteiger partial charge on any atom is -0.325 e. The number of pyridine rings is 1. The molecule has 0 spiro atoms. The molecule has 1 amide bonds. The summed E-state index contributed by atoms with van der Waals surface area (Å²) in [5.41, 5.74) is 0.780. The first-order chi connectivity index (χ1) is 8.34. The normalized spacial score (nSPS) is 14.9.